The van der Waals surface area contributed by atoms with Crippen LogP contribution in [0.4, 0.5) is 8.78 Å². The van der Waals surface area contributed by atoms with Gasteiger partial charge in [-0.2, -0.15) is 5.10 Å². The second-order valence-corrected chi connectivity index (χ2v) is 9.26. The summed E-state index contributed by atoms with van der Waals surface area (Å²) in [5.74, 6) is -4.41. The first-order chi connectivity index (χ1) is 12.2. The van der Waals surface area contributed by atoms with Crippen LogP contribution in [0.25, 0.3) is 10.9 Å². The maximum atomic E-state index is 15.1. The molecule has 0 amide bonds. The van der Waals surface area contributed by atoms with Gasteiger partial charge in [0.1, 0.15) is 6.10 Å². The lowest BCUT2D eigenvalue weighted by Crippen LogP contribution is -2.45. The average molecular weight is 385 g/mol. The topological polar surface area (TPSA) is 86.3 Å². The maximum absolute atomic E-state index is 15.1. The van der Waals surface area contributed by atoms with E-state index in [1.54, 1.807) is 6.20 Å². The van der Waals surface area contributed by atoms with Crippen LogP contribution >= 0.6 is 0 Å². The van der Waals surface area contributed by atoms with Crippen molar-refractivity contribution in [1.82, 2.24) is 14.5 Å². The Kier molecular flexibility index (Phi) is 4.09. The smallest absolute Gasteiger partial charge is 0.280 e. The Morgan fingerprint density at radius 3 is 2.62 bits per heavy atom. The molecule has 2 heterocycles. The summed E-state index contributed by atoms with van der Waals surface area (Å²) >= 11 is 0. The second-order valence-electron chi connectivity index (χ2n) is 7.28. The molecule has 2 N–H and O–H groups in total. The Labute approximate surface area is 150 Å². The summed E-state index contributed by atoms with van der Waals surface area (Å²) in [4.78, 5) is 0. The molecular formula is C17H21F2N3O3S. The number of nitrogens with one attached hydrogen (secondary N) is 1. The van der Waals surface area contributed by atoms with Gasteiger partial charge in [-0.1, -0.05) is 0 Å². The van der Waals surface area contributed by atoms with Gasteiger partial charge in [0.15, 0.2) is 0 Å². The molecule has 1 saturated heterocycles. The van der Waals surface area contributed by atoms with Crippen molar-refractivity contribution in [1.29, 1.82) is 0 Å². The molecule has 1 fully saturated rings. The summed E-state index contributed by atoms with van der Waals surface area (Å²) < 4.78 is 54.6. The van der Waals surface area contributed by atoms with Crippen molar-refractivity contribution < 1.29 is 22.3 Å². The molecular weight excluding hydrogens is 364 g/mol. The van der Waals surface area contributed by atoms with Crippen LogP contribution in [0, 0.1) is 5.92 Å². The summed E-state index contributed by atoms with van der Waals surface area (Å²) in [6, 6.07) is 1.93. The number of benzene rings is 1. The van der Waals surface area contributed by atoms with Crippen molar-refractivity contribution in [3.05, 3.63) is 29.0 Å². The molecule has 9 heteroatoms. The van der Waals surface area contributed by atoms with E-state index >= 15 is 8.78 Å². The zero-order valence-electron chi connectivity index (χ0n) is 14.4. The lowest BCUT2D eigenvalue weighted by atomic mass is 9.78. The van der Waals surface area contributed by atoms with Gasteiger partial charge in [-0.25, -0.2) is 21.5 Å². The standard InChI is InChI=1S/C17H21F2N3O3S/c1-26(24,25)22-6-4-12(5-7-22)17(18,19)16(23)14-13-3-2-10(13)8-11-9-20-21-15(11)14/h8-9,12,16,23H,2-7H2,1H3,(H,20,21)/t16-/m1/s1. The highest BCUT2D eigenvalue weighted by Gasteiger charge is 2.50. The van der Waals surface area contributed by atoms with Crippen molar-refractivity contribution in [3.63, 3.8) is 0 Å². The number of aliphatic hydroxyl groups is 1. The number of aliphatic hydroxyl groups excluding tert-OH is 1. The number of hydrogen-bond donors (Lipinski definition) is 2. The van der Waals surface area contributed by atoms with Gasteiger partial charge in [-0.15, -0.1) is 0 Å². The summed E-state index contributed by atoms with van der Waals surface area (Å²) in [6.07, 6.45) is 2.26. The largest absolute Gasteiger partial charge is 0.382 e. The minimum absolute atomic E-state index is 0.0261. The number of fused-ring (bicyclic) bond motifs is 2. The second kappa shape index (κ2) is 5.97. The predicted molar refractivity (Wildman–Crippen MR) is 92.5 cm³/mol. The van der Waals surface area contributed by atoms with Gasteiger partial charge in [0.25, 0.3) is 5.92 Å². The Morgan fingerprint density at radius 2 is 2.04 bits per heavy atom. The lowest BCUT2D eigenvalue weighted by molar-refractivity contribution is -0.158. The van der Waals surface area contributed by atoms with E-state index in [4.69, 9.17) is 0 Å². The van der Waals surface area contributed by atoms with E-state index in [0.29, 0.717) is 11.9 Å². The number of aromatic amines is 1. The monoisotopic (exact) mass is 385 g/mol. The molecule has 1 aromatic heterocycles. The van der Waals surface area contributed by atoms with Crippen LogP contribution in [0.15, 0.2) is 12.3 Å². The zero-order chi connectivity index (χ0) is 18.7. The first-order valence-electron chi connectivity index (χ1n) is 8.68. The van der Waals surface area contributed by atoms with Gasteiger partial charge in [-0.05, 0) is 42.9 Å². The number of alkyl halides is 2. The van der Waals surface area contributed by atoms with E-state index in [2.05, 4.69) is 10.2 Å². The molecule has 4 rings (SSSR count). The number of rotatable bonds is 4. The van der Waals surface area contributed by atoms with Gasteiger partial charge in [0.2, 0.25) is 10.0 Å². The van der Waals surface area contributed by atoms with E-state index in [9.17, 15) is 13.5 Å². The molecule has 0 bridgehead atoms. The summed E-state index contributed by atoms with van der Waals surface area (Å²) in [6.45, 7) is 0.107. The van der Waals surface area contributed by atoms with Crippen LogP contribution in [-0.4, -0.2) is 53.3 Å². The summed E-state index contributed by atoms with van der Waals surface area (Å²) in [5.41, 5.74) is 2.47. The van der Waals surface area contributed by atoms with Crippen molar-refractivity contribution in [2.24, 2.45) is 5.92 Å². The third-order valence-electron chi connectivity index (χ3n) is 5.73. The van der Waals surface area contributed by atoms with E-state index in [-0.39, 0.29) is 31.5 Å². The first-order valence-corrected chi connectivity index (χ1v) is 10.5. The Bertz CT molecular complexity index is 950. The van der Waals surface area contributed by atoms with E-state index < -0.39 is 28.0 Å². The van der Waals surface area contributed by atoms with Crippen LogP contribution in [0.3, 0.4) is 0 Å². The van der Waals surface area contributed by atoms with Gasteiger partial charge >= 0.3 is 0 Å². The molecule has 1 aliphatic carbocycles. The molecule has 0 spiro atoms. The van der Waals surface area contributed by atoms with Crippen LogP contribution in [0.2, 0.25) is 0 Å². The number of aryl methyl sites for hydroxylation is 1. The summed E-state index contributed by atoms with van der Waals surface area (Å²) in [5, 5.41) is 18.0. The molecule has 0 unspecified atom stereocenters. The molecule has 1 aliphatic heterocycles. The fourth-order valence-electron chi connectivity index (χ4n) is 4.11. The molecule has 1 aromatic carbocycles. The van der Waals surface area contributed by atoms with Crippen LogP contribution in [0.5, 0.6) is 0 Å². The van der Waals surface area contributed by atoms with E-state index in [1.165, 1.54) is 4.31 Å². The number of hydrogen-bond acceptors (Lipinski definition) is 4. The quantitative estimate of drug-likeness (QED) is 0.843. The Morgan fingerprint density at radius 1 is 1.35 bits per heavy atom. The zero-order valence-corrected chi connectivity index (χ0v) is 15.2. The predicted octanol–water partition coefficient (Wildman–Crippen LogP) is 2.00. The SMILES string of the molecule is CS(=O)(=O)N1CCC(C(F)(F)[C@H](O)c2c3c(cc4cn[nH]c24)CC3)CC1. The number of H-pyrrole nitrogens is 1. The van der Waals surface area contributed by atoms with Crippen molar-refractivity contribution in [2.75, 3.05) is 19.3 Å². The highest BCUT2D eigenvalue weighted by molar-refractivity contribution is 7.88. The van der Waals surface area contributed by atoms with E-state index in [1.807, 2.05) is 6.07 Å². The fraction of sp³-hybridized carbons (Fsp3) is 0.588. The van der Waals surface area contributed by atoms with Gasteiger partial charge < -0.3 is 5.11 Å². The number of aromatic nitrogens is 2. The summed E-state index contributed by atoms with van der Waals surface area (Å²) in [7, 11) is -3.38. The van der Waals surface area contributed by atoms with E-state index in [0.717, 1.165) is 29.2 Å². The molecule has 2 aliphatic rings. The van der Waals surface area contributed by atoms with Gasteiger partial charge in [0.05, 0.1) is 18.0 Å². The van der Waals surface area contributed by atoms with Crippen molar-refractivity contribution in [3.8, 4) is 0 Å². The molecule has 26 heavy (non-hydrogen) atoms. The van der Waals surface area contributed by atoms with Crippen LogP contribution in [0.1, 0.15) is 35.6 Å². The highest BCUT2D eigenvalue weighted by atomic mass is 32.2. The lowest BCUT2D eigenvalue weighted by Gasteiger charge is -2.38. The molecule has 2 aromatic rings. The number of halogens is 2. The number of sulfonamides is 1. The molecule has 142 valence electrons. The molecule has 0 radical (unpaired) electrons. The normalized spacial score (nSPS) is 20.8. The van der Waals surface area contributed by atoms with Crippen molar-refractivity contribution >= 4 is 20.9 Å². The van der Waals surface area contributed by atoms with Crippen LogP contribution in [-0.2, 0) is 22.9 Å². The van der Waals surface area contributed by atoms with Crippen LogP contribution < -0.4 is 0 Å². The third kappa shape index (κ3) is 2.73. The Balaban J connectivity index is 1.63. The number of nitrogens with zero attached hydrogens (tertiary/aromatic N) is 2. The minimum Gasteiger partial charge on any atom is -0.382 e. The number of piperidine rings is 1. The average Bonchev–Trinajstić information content (AvgIpc) is 3.03. The molecule has 1 atom stereocenters. The third-order valence-corrected chi connectivity index (χ3v) is 7.03. The maximum Gasteiger partial charge on any atom is 0.280 e. The van der Waals surface area contributed by atoms with Gasteiger partial charge in [0, 0.05) is 30.0 Å². The molecule has 0 saturated carbocycles. The van der Waals surface area contributed by atoms with Gasteiger partial charge in [-0.3, -0.25) is 5.10 Å². The fourth-order valence-corrected chi connectivity index (χ4v) is 4.98. The minimum atomic E-state index is -3.38. The molecule has 6 nitrogen and oxygen atoms in total. The van der Waals surface area contributed by atoms with Crippen molar-refractivity contribution in [2.45, 2.75) is 37.7 Å². The highest BCUT2D eigenvalue weighted by Crippen LogP contribution is 2.47. The first kappa shape index (κ1) is 17.8. The Hall–Kier alpha value is -1.58.